The number of aromatic nitrogens is 1. The van der Waals surface area contributed by atoms with Gasteiger partial charge in [-0.1, -0.05) is 18.2 Å². The number of pyridine rings is 1. The van der Waals surface area contributed by atoms with Crippen molar-refractivity contribution in [2.45, 2.75) is 25.6 Å². The number of aryl methyl sites for hydroxylation is 2. The summed E-state index contributed by atoms with van der Waals surface area (Å²) in [5.74, 6) is 1.58. The third kappa shape index (κ3) is 2.33. The van der Waals surface area contributed by atoms with Crippen molar-refractivity contribution in [3.8, 4) is 0 Å². The van der Waals surface area contributed by atoms with Crippen molar-refractivity contribution in [1.82, 2.24) is 4.98 Å². The van der Waals surface area contributed by atoms with Gasteiger partial charge in [-0.2, -0.15) is 0 Å². The summed E-state index contributed by atoms with van der Waals surface area (Å²) in [5.41, 5.74) is 4.97. The normalized spacial score (nSPS) is 14.3. The number of rotatable bonds is 2. The van der Waals surface area contributed by atoms with Gasteiger partial charge in [-0.15, -0.1) is 11.6 Å². The molecule has 0 saturated carbocycles. The predicted octanol–water partition coefficient (Wildman–Crippen LogP) is 4.21. The van der Waals surface area contributed by atoms with E-state index < -0.39 is 0 Å². The highest BCUT2D eigenvalue weighted by molar-refractivity contribution is 6.17. The van der Waals surface area contributed by atoms with E-state index in [4.69, 9.17) is 11.6 Å². The van der Waals surface area contributed by atoms with Crippen LogP contribution < -0.4 is 4.90 Å². The lowest BCUT2D eigenvalue weighted by molar-refractivity contribution is 0.757. The third-order valence-corrected chi connectivity index (χ3v) is 3.94. The van der Waals surface area contributed by atoms with Crippen molar-refractivity contribution in [3.63, 3.8) is 0 Å². The number of anilines is 2. The van der Waals surface area contributed by atoms with Crippen LogP contribution in [0.3, 0.4) is 0 Å². The van der Waals surface area contributed by atoms with Crippen molar-refractivity contribution in [1.29, 1.82) is 0 Å². The molecule has 0 bridgehead atoms. The van der Waals surface area contributed by atoms with Crippen LogP contribution in [0.1, 0.15) is 23.1 Å². The molecule has 2 nitrogen and oxygen atoms in total. The van der Waals surface area contributed by atoms with Crippen LogP contribution in [0.5, 0.6) is 0 Å². The molecule has 0 spiro atoms. The lowest BCUT2D eigenvalue weighted by atomic mass is 10.0. The maximum Gasteiger partial charge on any atom is 0.135 e. The SMILES string of the molecule is Cc1cc(CCl)cnc1N1CCCc2ccccc21. The number of hydrogen-bond donors (Lipinski definition) is 0. The molecule has 0 amide bonds. The molecule has 1 aliphatic heterocycles. The van der Waals surface area contributed by atoms with E-state index in [1.165, 1.54) is 23.2 Å². The van der Waals surface area contributed by atoms with Gasteiger partial charge in [0.15, 0.2) is 0 Å². The van der Waals surface area contributed by atoms with Gasteiger partial charge < -0.3 is 4.90 Å². The molecule has 19 heavy (non-hydrogen) atoms. The van der Waals surface area contributed by atoms with E-state index in [0.29, 0.717) is 5.88 Å². The molecule has 1 aliphatic rings. The summed E-state index contributed by atoms with van der Waals surface area (Å²) in [5, 5.41) is 0. The van der Waals surface area contributed by atoms with Crippen LogP contribution in [0.15, 0.2) is 36.5 Å². The number of benzene rings is 1. The first-order chi connectivity index (χ1) is 9.29. The van der Waals surface area contributed by atoms with Crippen LogP contribution in [0.4, 0.5) is 11.5 Å². The van der Waals surface area contributed by atoms with Crippen LogP contribution in [0, 0.1) is 6.92 Å². The zero-order valence-electron chi connectivity index (χ0n) is 11.1. The second kappa shape index (κ2) is 5.22. The summed E-state index contributed by atoms with van der Waals surface area (Å²) >= 11 is 5.86. The lowest BCUT2D eigenvalue weighted by Gasteiger charge is -2.31. The number of halogens is 1. The number of fused-ring (bicyclic) bond motifs is 1. The number of nitrogens with zero attached hydrogens (tertiary/aromatic N) is 2. The summed E-state index contributed by atoms with van der Waals surface area (Å²) in [6.07, 6.45) is 4.22. The highest BCUT2D eigenvalue weighted by atomic mass is 35.5. The first-order valence-electron chi connectivity index (χ1n) is 6.66. The van der Waals surface area contributed by atoms with Gasteiger partial charge in [0.1, 0.15) is 5.82 Å². The Morgan fingerprint density at radius 1 is 1.32 bits per heavy atom. The van der Waals surface area contributed by atoms with Crippen molar-refractivity contribution >= 4 is 23.1 Å². The molecular weight excluding hydrogens is 256 g/mol. The van der Waals surface area contributed by atoms with Crippen molar-refractivity contribution in [2.75, 3.05) is 11.4 Å². The van der Waals surface area contributed by atoms with E-state index in [1.807, 2.05) is 6.20 Å². The Kier molecular flexibility index (Phi) is 3.43. The monoisotopic (exact) mass is 272 g/mol. The fraction of sp³-hybridized carbons (Fsp3) is 0.312. The average Bonchev–Trinajstić information content (AvgIpc) is 2.46. The van der Waals surface area contributed by atoms with E-state index in [2.05, 4.69) is 47.1 Å². The molecule has 0 radical (unpaired) electrons. The van der Waals surface area contributed by atoms with Gasteiger partial charge in [0.05, 0.1) is 0 Å². The smallest absolute Gasteiger partial charge is 0.135 e. The minimum atomic E-state index is 0.519. The zero-order chi connectivity index (χ0) is 13.2. The average molecular weight is 273 g/mol. The van der Waals surface area contributed by atoms with Gasteiger partial charge in [0.2, 0.25) is 0 Å². The maximum atomic E-state index is 5.86. The Morgan fingerprint density at radius 2 is 2.16 bits per heavy atom. The van der Waals surface area contributed by atoms with Gasteiger partial charge in [-0.25, -0.2) is 4.98 Å². The molecule has 3 rings (SSSR count). The Balaban J connectivity index is 2.04. The summed E-state index contributed by atoms with van der Waals surface area (Å²) in [6, 6.07) is 10.7. The summed E-state index contributed by atoms with van der Waals surface area (Å²) in [7, 11) is 0. The second-order valence-electron chi connectivity index (χ2n) is 5.00. The van der Waals surface area contributed by atoms with Crippen molar-refractivity contribution < 1.29 is 0 Å². The molecule has 0 unspecified atom stereocenters. The predicted molar refractivity (Wildman–Crippen MR) is 80.3 cm³/mol. The molecule has 1 aromatic carbocycles. The van der Waals surface area contributed by atoms with Crippen LogP contribution in [-0.2, 0) is 12.3 Å². The largest absolute Gasteiger partial charge is 0.326 e. The minimum absolute atomic E-state index is 0.519. The first kappa shape index (κ1) is 12.5. The molecule has 1 aromatic heterocycles. The fourth-order valence-corrected chi connectivity index (χ4v) is 2.88. The molecule has 0 N–H and O–H groups in total. The highest BCUT2D eigenvalue weighted by Gasteiger charge is 2.19. The highest BCUT2D eigenvalue weighted by Crippen LogP contribution is 2.33. The summed E-state index contributed by atoms with van der Waals surface area (Å²) in [6.45, 7) is 3.14. The summed E-state index contributed by atoms with van der Waals surface area (Å²) < 4.78 is 0. The van der Waals surface area contributed by atoms with E-state index >= 15 is 0 Å². The Labute approximate surface area is 119 Å². The standard InChI is InChI=1S/C16H17ClN2/c1-12-9-13(10-17)11-18-16(12)19-8-4-6-14-5-2-3-7-15(14)19/h2-3,5,7,9,11H,4,6,8,10H2,1H3. The van der Waals surface area contributed by atoms with Crippen molar-refractivity contribution in [3.05, 3.63) is 53.2 Å². The van der Waals surface area contributed by atoms with E-state index in [-0.39, 0.29) is 0 Å². The van der Waals surface area contributed by atoms with Crippen LogP contribution in [-0.4, -0.2) is 11.5 Å². The van der Waals surface area contributed by atoms with Gasteiger partial charge in [-0.05, 0) is 48.6 Å². The topological polar surface area (TPSA) is 16.1 Å². The van der Waals surface area contributed by atoms with Gasteiger partial charge in [-0.3, -0.25) is 0 Å². The summed E-state index contributed by atoms with van der Waals surface area (Å²) in [4.78, 5) is 6.94. The van der Waals surface area contributed by atoms with E-state index in [9.17, 15) is 0 Å². The molecule has 0 atom stereocenters. The van der Waals surface area contributed by atoms with Gasteiger partial charge in [0, 0.05) is 24.3 Å². The molecule has 98 valence electrons. The maximum absolute atomic E-state index is 5.86. The molecule has 0 aliphatic carbocycles. The lowest BCUT2D eigenvalue weighted by Crippen LogP contribution is -2.26. The van der Waals surface area contributed by atoms with Gasteiger partial charge in [0.25, 0.3) is 0 Å². The molecule has 0 fully saturated rings. The van der Waals surface area contributed by atoms with Crippen molar-refractivity contribution in [2.24, 2.45) is 0 Å². The van der Waals surface area contributed by atoms with E-state index in [0.717, 1.165) is 24.3 Å². The third-order valence-electron chi connectivity index (χ3n) is 3.63. The minimum Gasteiger partial charge on any atom is -0.326 e. The van der Waals surface area contributed by atoms with Gasteiger partial charge >= 0.3 is 0 Å². The number of hydrogen-bond acceptors (Lipinski definition) is 2. The Morgan fingerprint density at radius 3 is 2.95 bits per heavy atom. The fourth-order valence-electron chi connectivity index (χ4n) is 2.74. The number of para-hydroxylation sites is 1. The first-order valence-corrected chi connectivity index (χ1v) is 7.20. The Bertz CT molecular complexity index is 595. The quantitative estimate of drug-likeness (QED) is 0.761. The van der Waals surface area contributed by atoms with Crippen LogP contribution in [0.2, 0.25) is 0 Å². The second-order valence-corrected chi connectivity index (χ2v) is 5.27. The number of alkyl halides is 1. The van der Waals surface area contributed by atoms with E-state index in [1.54, 1.807) is 0 Å². The zero-order valence-corrected chi connectivity index (χ0v) is 11.8. The molecular formula is C16H17ClN2. The molecule has 2 heterocycles. The molecule has 3 heteroatoms. The molecule has 2 aromatic rings. The van der Waals surface area contributed by atoms with Crippen LogP contribution in [0.25, 0.3) is 0 Å². The van der Waals surface area contributed by atoms with Crippen LogP contribution >= 0.6 is 11.6 Å². The molecule has 0 saturated heterocycles. The Hall–Kier alpha value is -1.54.